The number of hydrogen-bond acceptors (Lipinski definition) is 2. The first-order valence-corrected chi connectivity index (χ1v) is 19.0. The average molecular weight is 716 g/mol. The van der Waals surface area contributed by atoms with Crippen LogP contribution in [0.3, 0.4) is 0 Å². The van der Waals surface area contributed by atoms with Crippen molar-refractivity contribution in [2.75, 3.05) is 4.90 Å². The number of nitrogens with zero attached hydrogens (tertiary/aromatic N) is 3. The van der Waals surface area contributed by atoms with Crippen molar-refractivity contribution in [3.63, 3.8) is 0 Å². The topological polar surface area (TPSA) is 20.5 Å². The van der Waals surface area contributed by atoms with E-state index >= 15 is 0 Å². The minimum absolute atomic E-state index is 1.06. The smallest absolute Gasteiger partial charge is 0.0825 e. The zero-order valence-corrected chi connectivity index (χ0v) is 30.7. The van der Waals surface area contributed by atoms with Crippen molar-refractivity contribution in [3.05, 3.63) is 225 Å². The van der Waals surface area contributed by atoms with Crippen LogP contribution in [-0.4, -0.2) is 9.61 Å². The van der Waals surface area contributed by atoms with Gasteiger partial charge in [-0.05, 0) is 92.9 Å². The summed E-state index contributed by atoms with van der Waals surface area (Å²) in [6.45, 7) is 0. The molecule has 10 aromatic rings. The molecule has 3 nitrogen and oxygen atoms in total. The summed E-state index contributed by atoms with van der Waals surface area (Å²) in [5.74, 6) is 0. The molecule has 264 valence electrons. The maximum absolute atomic E-state index is 4.93. The predicted octanol–water partition coefficient (Wildman–Crippen LogP) is 14.3. The number of hydrogen-bond donors (Lipinski definition) is 0. The molecule has 0 N–H and O–H groups in total. The lowest BCUT2D eigenvalue weighted by Gasteiger charge is -2.26. The first-order valence-electron chi connectivity index (χ1n) is 19.0. The fraction of sp³-hybridized carbons (Fsp3) is 0. The van der Waals surface area contributed by atoms with Crippen molar-refractivity contribution in [1.29, 1.82) is 0 Å². The molecule has 0 saturated heterocycles. The van der Waals surface area contributed by atoms with Crippen LogP contribution in [0, 0.1) is 0 Å². The highest BCUT2D eigenvalue weighted by Gasteiger charge is 2.17. The normalized spacial score (nSPS) is 11.2. The Labute approximate surface area is 327 Å². The van der Waals surface area contributed by atoms with Crippen molar-refractivity contribution < 1.29 is 0 Å². The average Bonchev–Trinajstić information content (AvgIpc) is 3.74. The van der Waals surface area contributed by atoms with Crippen molar-refractivity contribution in [1.82, 2.24) is 9.61 Å². The van der Waals surface area contributed by atoms with Crippen LogP contribution in [0.15, 0.2) is 225 Å². The van der Waals surface area contributed by atoms with E-state index in [1.165, 1.54) is 38.6 Å². The molecule has 10 rings (SSSR count). The minimum Gasteiger partial charge on any atom is -0.311 e. The molecule has 0 spiro atoms. The van der Waals surface area contributed by atoms with E-state index in [9.17, 15) is 0 Å². The van der Waals surface area contributed by atoms with Crippen LogP contribution in [0.5, 0.6) is 0 Å². The summed E-state index contributed by atoms with van der Waals surface area (Å²) < 4.78 is 2.10. The largest absolute Gasteiger partial charge is 0.311 e. The number of anilines is 3. The van der Waals surface area contributed by atoms with Gasteiger partial charge >= 0.3 is 0 Å². The van der Waals surface area contributed by atoms with Gasteiger partial charge in [0.1, 0.15) is 0 Å². The molecule has 0 aliphatic rings. The van der Waals surface area contributed by atoms with Crippen LogP contribution in [-0.2, 0) is 0 Å². The molecule has 0 saturated carbocycles. The van der Waals surface area contributed by atoms with Gasteiger partial charge in [-0.15, -0.1) is 0 Å². The summed E-state index contributed by atoms with van der Waals surface area (Å²) in [5, 5.41) is 7.28. The Morgan fingerprint density at radius 1 is 0.339 bits per heavy atom. The number of benzene rings is 8. The van der Waals surface area contributed by atoms with Crippen LogP contribution in [0.25, 0.3) is 72.1 Å². The monoisotopic (exact) mass is 715 g/mol. The molecule has 0 bridgehead atoms. The third-order valence-electron chi connectivity index (χ3n) is 10.7. The predicted molar refractivity (Wildman–Crippen MR) is 235 cm³/mol. The molecule has 0 aliphatic carbocycles. The third kappa shape index (κ3) is 6.21. The molecule has 0 unspecified atom stereocenters. The van der Waals surface area contributed by atoms with E-state index in [2.05, 4.69) is 228 Å². The zero-order valence-electron chi connectivity index (χ0n) is 30.7. The van der Waals surface area contributed by atoms with Gasteiger partial charge in [0.05, 0.1) is 17.4 Å². The standard InChI is InChI=1S/C53H37N3/c1-5-13-38(14-6-1)40-21-28-47(29-22-40)55(48-30-23-41(24-31-48)39-15-7-2-8-16-39)49-32-25-42(26-33-49)45-27-34-50-46(35-45)36-52(44-19-11-4-12-20-44)56-53(50)51(37-54-56)43-17-9-3-10-18-43/h1-37H. The molecule has 0 aliphatic heterocycles. The second kappa shape index (κ2) is 14.4. The van der Waals surface area contributed by atoms with E-state index in [-0.39, 0.29) is 0 Å². The molecule has 56 heavy (non-hydrogen) atoms. The van der Waals surface area contributed by atoms with Crippen molar-refractivity contribution >= 4 is 33.4 Å². The Morgan fingerprint density at radius 2 is 0.732 bits per heavy atom. The molecule has 0 fully saturated rings. The lowest BCUT2D eigenvalue weighted by molar-refractivity contribution is 0.975. The van der Waals surface area contributed by atoms with Crippen molar-refractivity contribution in [2.24, 2.45) is 0 Å². The highest BCUT2D eigenvalue weighted by atomic mass is 15.2. The number of aromatic nitrogens is 2. The van der Waals surface area contributed by atoms with Gasteiger partial charge < -0.3 is 4.90 Å². The fourth-order valence-electron chi connectivity index (χ4n) is 7.84. The molecule has 0 amide bonds. The summed E-state index contributed by atoms with van der Waals surface area (Å²) in [6, 6.07) is 77.9. The van der Waals surface area contributed by atoms with Crippen LogP contribution >= 0.6 is 0 Å². The Kier molecular flexibility index (Phi) is 8.51. The van der Waals surface area contributed by atoms with Gasteiger partial charge in [0, 0.05) is 33.6 Å². The number of rotatable bonds is 8. The van der Waals surface area contributed by atoms with Crippen molar-refractivity contribution in [3.8, 4) is 55.8 Å². The highest BCUT2D eigenvalue weighted by molar-refractivity contribution is 6.06. The Balaban J connectivity index is 1.05. The highest BCUT2D eigenvalue weighted by Crippen LogP contribution is 2.40. The van der Waals surface area contributed by atoms with Gasteiger partial charge in [-0.2, -0.15) is 5.10 Å². The van der Waals surface area contributed by atoms with Gasteiger partial charge in [0.15, 0.2) is 0 Å². The summed E-state index contributed by atoms with van der Waals surface area (Å²) in [7, 11) is 0. The van der Waals surface area contributed by atoms with Crippen LogP contribution < -0.4 is 4.90 Å². The maximum Gasteiger partial charge on any atom is 0.0825 e. The van der Waals surface area contributed by atoms with Crippen LogP contribution in [0.1, 0.15) is 0 Å². The SMILES string of the molecule is c1ccc(-c2ccc(N(c3ccc(-c4ccccc4)cc3)c3ccc(-c4ccc5c(c4)cc(-c4ccccc4)n4ncc(-c6ccccc6)c54)cc3)cc2)cc1. The summed E-state index contributed by atoms with van der Waals surface area (Å²) in [4.78, 5) is 2.33. The third-order valence-corrected chi connectivity index (χ3v) is 10.7. The molecule has 2 heterocycles. The number of pyridine rings is 1. The lowest BCUT2D eigenvalue weighted by Crippen LogP contribution is -2.09. The lowest BCUT2D eigenvalue weighted by atomic mass is 9.97. The summed E-state index contributed by atoms with van der Waals surface area (Å²) >= 11 is 0. The first kappa shape index (κ1) is 33.1. The maximum atomic E-state index is 4.93. The van der Waals surface area contributed by atoms with E-state index in [0.29, 0.717) is 0 Å². The van der Waals surface area contributed by atoms with E-state index in [1.807, 2.05) is 6.20 Å². The van der Waals surface area contributed by atoms with Gasteiger partial charge in [0.25, 0.3) is 0 Å². The molecule has 8 aromatic carbocycles. The molecular weight excluding hydrogens is 679 g/mol. The van der Waals surface area contributed by atoms with E-state index in [1.54, 1.807) is 0 Å². The Morgan fingerprint density at radius 3 is 1.21 bits per heavy atom. The zero-order chi connectivity index (χ0) is 37.3. The van der Waals surface area contributed by atoms with Gasteiger partial charge in [-0.1, -0.05) is 170 Å². The first-order chi connectivity index (χ1) is 27.8. The molecular formula is C53H37N3. The minimum atomic E-state index is 1.06. The Hall–Kier alpha value is -7.49. The second-order valence-electron chi connectivity index (χ2n) is 14.1. The Bertz CT molecular complexity index is 2820. The molecule has 0 atom stereocenters. The second-order valence-corrected chi connectivity index (χ2v) is 14.1. The van der Waals surface area contributed by atoms with Gasteiger partial charge in [-0.25, -0.2) is 4.52 Å². The quantitative estimate of drug-likeness (QED) is 0.156. The van der Waals surface area contributed by atoms with E-state index < -0.39 is 0 Å². The summed E-state index contributed by atoms with van der Waals surface area (Å²) in [5.41, 5.74) is 16.0. The van der Waals surface area contributed by atoms with Crippen LogP contribution in [0.4, 0.5) is 17.1 Å². The fourth-order valence-corrected chi connectivity index (χ4v) is 7.84. The van der Waals surface area contributed by atoms with E-state index in [0.717, 1.165) is 50.5 Å². The molecule has 0 radical (unpaired) electrons. The van der Waals surface area contributed by atoms with Crippen LogP contribution in [0.2, 0.25) is 0 Å². The summed E-state index contributed by atoms with van der Waals surface area (Å²) in [6.07, 6.45) is 2.00. The van der Waals surface area contributed by atoms with Gasteiger partial charge in [-0.3, -0.25) is 0 Å². The van der Waals surface area contributed by atoms with E-state index in [4.69, 9.17) is 5.10 Å². The molecule has 3 heteroatoms. The number of fused-ring (bicyclic) bond motifs is 3. The van der Waals surface area contributed by atoms with Crippen molar-refractivity contribution in [2.45, 2.75) is 0 Å². The van der Waals surface area contributed by atoms with Gasteiger partial charge in [0.2, 0.25) is 0 Å². The molecule has 2 aromatic heterocycles.